The molecule has 0 unspecified atom stereocenters. The summed E-state index contributed by atoms with van der Waals surface area (Å²) in [7, 11) is 0. The van der Waals surface area contributed by atoms with Crippen LogP contribution in [-0.4, -0.2) is 118 Å². The van der Waals surface area contributed by atoms with Crippen LogP contribution >= 0.6 is 0 Å². The fourth-order valence-corrected chi connectivity index (χ4v) is 3.57. The van der Waals surface area contributed by atoms with Gasteiger partial charge in [-0.25, -0.2) is 4.79 Å². The van der Waals surface area contributed by atoms with Gasteiger partial charge in [0, 0.05) is 71.2 Å². The Morgan fingerprint density at radius 1 is 0.719 bits per heavy atom. The van der Waals surface area contributed by atoms with Gasteiger partial charge < -0.3 is 20.2 Å². The van der Waals surface area contributed by atoms with Crippen LogP contribution in [0.25, 0.3) is 0 Å². The first kappa shape index (κ1) is 25.3. The first-order valence-electron chi connectivity index (χ1n) is 10.6. The Morgan fingerprint density at radius 3 is 1.66 bits per heavy atom. The molecule has 0 aromatic heterocycles. The van der Waals surface area contributed by atoms with Gasteiger partial charge in [-0.15, -0.1) is 0 Å². The molecule has 1 saturated heterocycles. The standard InChI is InChI=1S/C22H32N4O6/c27-20(28)6-7-23-8-10-25(17-21(29)30)14-12-24(16-19-4-2-1-3-5-19)13-15-26(11-9-23)18-22(31)32/h1-7H,8-18H2,(H,27,28)(H,29,30)(H,31,32)/b7-6-. The summed E-state index contributed by atoms with van der Waals surface area (Å²) in [6.45, 7) is 4.62. The second-order valence-electron chi connectivity index (χ2n) is 7.79. The summed E-state index contributed by atoms with van der Waals surface area (Å²) in [4.78, 5) is 41.3. The quantitative estimate of drug-likeness (QED) is 0.474. The van der Waals surface area contributed by atoms with Crippen molar-refractivity contribution in [1.82, 2.24) is 19.6 Å². The third-order valence-corrected chi connectivity index (χ3v) is 5.27. The summed E-state index contributed by atoms with van der Waals surface area (Å²) in [5, 5.41) is 27.5. The van der Waals surface area contributed by atoms with Crippen molar-refractivity contribution in [2.24, 2.45) is 0 Å². The van der Waals surface area contributed by atoms with Gasteiger partial charge in [-0.1, -0.05) is 30.3 Å². The van der Waals surface area contributed by atoms with E-state index in [1.807, 2.05) is 40.1 Å². The van der Waals surface area contributed by atoms with Gasteiger partial charge in [-0.2, -0.15) is 0 Å². The minimum absolute atomic E-state index is 0.0964. The molecule has 1 aromatic rings. The van der Waals surface area contributed by atoms with Gasteiger partial charge >= 0.3 is 17.9 Å². The summed E-state index contributed by atoms with van der Waals surface area (Å²) in [5.41, 5.74) is 1.14. The van der Waals surface area contributed by atoms with Crippen molar-refractivity contribution < 1.29 is 29.7 Å². The van der Waals surface area contributed by atoms with Crippen LogP contribution in [0.1, 0.15) is 5.56 Å². The first-order valence-corrected chi connectivity index (χ1v) is 10.6. The van der Waals surface area contributed by atoms with Crippen molar-refractivity contribution in [3.05, 3.63) is 48.2 Å². The molecule has 1 aliphatic heterocycles. The van der Waals surface area contributed by atoms with E-state index in [-0.39, 0.29) is 13.1 Å². The number of hydrogen-bond donors (Lipinski definition) is 3. The van der Waals surface area contributed by atoms with E-state index in [0.717, 1.165) is 11.6 Å². The van der Waals surface area contributed by atoms with Crippen molar-refractivity contribution >= 4 is 17.9 Å². The van der Waals surface area contributed by atoms with Gasteiger partial charge in [0.25, 0.3) is 0 Å². The first-order chi connectivity index (χ1) is 15.3. The van der Waals surface area contributed by atoms with E-state index in [2.05, 4.69) is 4.90 Å². The smallest absolute Gasteiger partial charge is 0.329 e. The summed E-state index contributed by atoms with van der Waals surface area (Å²) in [6, 6.07) is 9.96. The topological polar surface area (TPSA) is 125 Å². The second-order valence-corrected chi connectivity index (χ2v) is 7.79. The number of carbonyl (C=O) groups is 3. The Labute approximate surface area is 187 Å². The second kappa shape index (κ2) is 13.5. The van der Waals surface area contributed by atoms with Gasteiger partial charge in [0.05, 0.1) is 13.1 Å². The fourth-order valence-electron chi connectivity index (χ4n) is 3.57. The van der Waals surface area contributed by atoms with Crippen LogP contribution in [-0.2, 0) is 20.9 Å². The molecule has 32 heavy (non-hydrogen) atoms. The van der Waals surface area contributed by atoms with Gasteiger partial charge in [-0.05, 0) is 5.56 Å². The zero-order valence-electron chi connectivity index (χ0n) is 18.2. The molecule has 1 aliphatic rings. The van der Waals surface area contributed by atoms with Gasteiger partial charge in [0.1, 0.15) is 0 Å². The fraction of sp³-hybridized carbons (Fsp3) is 0.500. The van der Waals surface area contributed by atoms with Crippen molar-refractivity contribution in [3.8, 4) is 0 Å². The SMILES string of the molecule is O=C(O)/C=C\N1CCN(CC(=O)O)CCN(Cc2ccccc2)CCN(CC(=O)O)CC1. The summed E-state index contributed by atoms with van der Waals surface area (Å²) >= 11 is 0. The number of carboxylic acid groups (broad SMARTS) is 3. The molecule has 0 amide bonds. The summed E-state index contributed by atoms with van der Waals surface area (Å²) < 4.78 is 0. The maximum Gasteiger partial charge on any atom is 0.329 e. The molecule has 1 aromatic carbocycles. The highest BCUT2D eigenvalue weighted by molar-refractivity contribution is 5.79. The molecule has 0 atom stereocenters. The van der Waals surface area contributed by atoms with Crippen LogP contribution in [0, 0.1) is 0 Å². The van der Waals surface area contributed by atoms with E-state index in [9.17, 15) is 24.6 Å². The molecule has 10 heteroatoms. The number of hydrogen-bond acceptors (Lipinski definition) is 7. The molecule has 0 aliphatic carbocycles. The molecular weight excluding hydrogens is 416 g/mol. The normalized spacial score (nSPS) is 18.2. The van der Waals surface area contributed by atoms with Gasteiger partial charge in [-0.3, -0.25) is 24.3 Å². The molecule has 2 rings (SSSR count). The number of carboxylic acids is 3. The molecule has 10 nitrogen and oxygen atoms in total. The molecule has 0 saturated carbocycles. The van der Waals surface area contributed by atoms with Crippen LogP contribution in [0.5, 0.6) is 0 Å². The van der Waals surface area contributed by atoms with Crippen LogP contribution in [0.2, 0.25) is 0 Å². The van der Waals surface area contributed by atoms with Crippen molar-refractivity contribution in [1.29, 1.82) is 0 Å². The van der Waals surface area contributed by atoms with E-state index in [0.29, 0.717) is 58.9 Å². The number of rotatable bonds is 8. The Morgan fingerprint density at radius 2 is 1.19 bits per heavy atom. The van der Waals surface area contributed by atoms with Crippen LogP contribution in [0.3, 0.4) is 0 Å². The molecule has 0 spiro atoms. The largest absolute Gasteiger partial charge is 0.480 e. The molecular formula is C22H32N4O6. The van der Waals surface area contributed by atoms with Crippen molar-refractivity contribution in [2.45, 2.75) is 6.54 Å². The lowest BCUT2D eigenvalue weighted by Crippen LogP contribution is -2.46. The summed E-state index contributed by atoms with van der Waals surface area (Å²) in [5.74, 6) is -2.89. The highest BCUT2D eigenvalue weighted by Crippen LogP contribution is 2.07. The van der Waals surface area contributed by atoms with Crippen LogP contribution < -0.4 is 0 Å². The zero-order chi connectivity index (χ0) is 23.3. The Bertz CT molecular complexity index is 741. The van der Waals surface area contributed by atoms with E-state index in [1.54, 1.807) is 4.90 Å². The molecule has 176 valence electrons. The maximum atomic E-state index is 11.3. The maximum absolute atomic E-state index is 11.3. The summed E-state index contributed by atoms with van der Waals surface area (Å²) in [6.07, 6.45) is 2.50. The Balaban J connectivity index is 2.16. The number of aliphatic carboxylic acids is 3. The Hall–Kier alpha value is -2.95. The zero-order valence-corrected chi connectivity index (χ0v) is 18.2. The Kier molecular flexibility index (Phi) is 10.6. The lowest BCUT2D eigenvalue weighted by molar-refractivity contribution is -0.139. The van der Waals surface area contributed by atoms with Crippen LogP contribution in [0.15, 0.2) is 42.6 Å². The highest BCUT2D eigenvalue weighted by Gasteiger charge is 2.18. The monoisotopic (exact) mass is 448 g/mol. The number of nitrogens with zero attached hydrogens (tertiary/aromatic N) is 4. The van der Waals surface area contributed by atoms with E-state index in [4.69, 9.17) is 5.11 Å². The van der Waals surface area contributed by atoms with Crippen molar-refractivity contribution in [2.75, 3.05) is 65.4 Å². The third-order valence-electron chi connectivity index (χ3n) is 5.27. The average molecular weight is 449 g/mol. The van der Waals surface area contributed by atoms with E-state index in [1.165, 1.54) is 6.20 Å². The molecule has 0 radical (unpaired) electrons. The molecule has 1 fully saturated rings. The average Bonchev–Trinajstić information content (AvgIpc) is 2.73. The predicted molar refractivity (Wildman–Crippen MR) is 118 cm³/mol. The van der Waals surface area contributed by atoms with Gasteiger partial charge in [0.15, 0.2) is 0 Å². The minimum atomic E-state index is -1.07. The molecule has 1 heterocycles. The van der Waals surface area contributed by atoms with E-state index >= 15 is 0 Å². The lowest BCUT2D eigenvalue weighted by atomic mass is 10.2. The van der Waals surface area contributed by atoms with Crippen molar-refractivity contribution in [3.63, 3.8) is 0 Å². The van der Waals surface area contributed by atoms with Gasteiger partial charge in [0.2, 0.25) is 0 Å². The van der Waals surface area contributed by atoms with E-state index < -0.39 is 17.9 Å². The predicted octanol–water partition coefficient (Wildman–Crippen LogP) is 0.176. The van der Waals surface area contributed by atoms with Crippen LogP contribution in [0.4, 0.5) is 0 Å². The minimum Gasteiger partial charge on any atom is -0.480 e. The molecule has 0 bridgehead atoms. The molecule has 3 N–H and O–H groups in total. The highest BCUT2D eigenvalue weighted by atomic mass is 16.4. The lowest BCUT2D eigenvalue weighted by Gasteiger charge is -2.33. The number of benzene rings is 1. The third kappa shape index (κ3) is 10.4.